The van der Waals surface area contributed by atoms with Crippen LogP contribution in [0.25, 0.3) is 0 Å². The first kappa shape index (κ1) is 35.3. The summed E-state index contributed by atoms with van der Waals surface area (Å²) in [5.74, 6) is 0.0611. The van der Waals surface area contributed by atoms with E-state index < -0.39 is 79.9 Å². The number of aliphatic hydroxyl groups is 8. The molecule has 12 heteroatoms. The number of unbranched alkanes of at least 4 members (excludes halogenated alkanes) is 9. The molecule has 8 N–H and O–H groups in total. The molecule has 40 heavy (non-hydrogen) atoms. The average molecular weight is 581 g/mol. The molecule has 0 aromatic rings. The highest BCUT2D eigenvalue weighted by molar-refractivity contribution is 5.69. The number of carbonyl (C=O) groups is 1. The molecule has 0 spiro atoms. The van der Waals surface area contributed by atoms with E-state index in [1.807, 2.05) is 0 Å². The van der Waals surface area contributed by atoms with Gasteiger partial charge in [0.1, 0.15) is 54.9 Å². The first-order valence-corrected chi connectivity index (χ1v) is 14.9. The molecular weight excluding hydrogens is 528 g/mol. The third-order valence-electron chi connectivity index (χ3n) is 7.87. The van der Waals surface area contributed by atoms with Crippen molar-refractivity contribution in [1.29, 1.82) is 0 Å². The van der Waals surface area contributed by atoms with E-state index in [4.69, 9.17) is 14.2 Å². The zero-order chi connectivity index (χ0) is 29.8. The molecule has 0 bridgehead atoms. The molecule has 12 nitrogen and oxygen atoms in total. The molecule has 2 rings (SSSR count). The van der Waals surface area contributed by atoms with Crippen molar-refractivity contribution in [2.75, 3.05) is 6.61 Å². The van der Waals surface area contributed by atoms with Crippen LogP contribution < -0.4 is 0 Å². The van der Waals surface area contributed by atoms with Crippen molar-refractivity contribution in [3.8, 4) is 0 Å². The molecule has 2 fully saturated rings. The molecule has 1 heterocycles. The standard InChI is InChI=1S/C28H52O12/c1-16(2)13-11-9-7-5-3-4-6-8-10-12-14-18(30)39-26-23(35)21(33)22(34)24(36)27(26)40-28-25(37)20(32)19(31)17(15-29)38-28/h16-17,19-29,31-37H,3-15H2,1-2H3. The molecule has 0 aromatic carbocycles. The van der Waals surface area contributed by atoms with Gasteiger partial charge in [-0.2, -0.15) is 0 Å². The van der Waals surface area contributed by atoms with Crippen LogP contribution in [0.1, 0.15) is 90.9 Å². The van der Waals surface area contributed by atoms with Crippen LogP contribution in [-0.4, -0.2) is 121 Å². The number of carbonyl (C=O) groups excluding carboxylic acids is 1. The summed E-state index contributed by atoms with van der Waals surface area (Å²) in [6.45, 7) is 3.77. The van der Waals surface area contributed by atoms with Gasteiger partial charge < -0.3 is 55.1 Å². The summed E-state index contributed by atoms with van der Waals surface area (Å²) in [4.78, 5) is 12.5. The summed E-state index contributed by atoms with van der Waals surface area (Å²) in [6, 6.07) is 0. The Kier molecular flexibility index (Phi) is 15.8. The van der Waals surface area contributed by atoms with Crippen LogP contribution in [0.15, 0.2) is 0 Å². The van der Waals surface area contributed by atoms with Crippen LogP contribution in [0.4, 0.5) is 0 Å². The van der Waals surface area contributed by atoms with Crippen molar-refractivity contribution in [3.63, 3.8) is 0 Å². The second kappa shape index (κ2) is 17.9. The maximum atomic E-state index is 12.5. The van der Waals surface area contributed by atoms with Gasteiger partial charge in [-0.25, -0.2) is 0 Å². The van der Waals surface area contributed by atoms with Crippen molar-refractivity contribution in [2.45, 2.75) is 158 Å². The van der Waals surface area contributed by atoms with Gasteiger partial charge in [-0.05, 0) is 12.3 Å². The average Bonchev–Trinajstić information content (AvgIpc) is 2.92. The quantitative estimate of drug-likeness (QED) is 0.0837. The lowest BCUT2D eigenvalue weighted by atomic mass is 9.84. The zero-order valence-electron chi connectivity index (χ0n) is 23.8. The first-order valence-electron chi connectivity index (χ1n) is 14.9. The topological polar surface area (TPSA) is 207 Å². The molecule has 1 aliphatic heterocycles. The largest absolute Gasteiger partial charge is 0.457 e. The monoisotopic (exact) mass is 580 g/mol. The number of aliphatic hydroxyl groups excluding tert-OH is 8. The van der Waals surface area contributed by atoms with E-state index in [9.17, 15) is 45.6 Å². The fourth-order valence-electron chi connectivity index (χ4n) is 5.26. The Morgan fingerprint density at radius 2 is 1.12 bits per heavy atom. The first-order chi connectivity index (χ1) is 19.0. The Balaban J connectivity index is 1.79. The molecule has 1 aliphatic carbocycles. The van der Waals surface area contributed by atoms with Crippen LogP contribution in [0, 0.1) is 5.92 Å². The van der Waals surface area contributed by atoms with E-state index in [1.54, 1.807) is 0 Å². The smallest absolute Gasteiger partial charge is 0.306 e. The van der Waals surface area contributed by atoms with Gasteiger partial charge in [-0.3, -0.25) is 4.79 Å². The number of rotatable bonds is 17. The highest BCUT2D eigenvalue weighted by Crippen LogP contribution is 2.31. The number of ether oxygens (including phenoxy) is 3. The maximum Gasteiger partial charge on any atom is 0.306 e. The van der Waals surface area contributed by atoms with Gasteiger partial charge in [0.15, 0.2) is 12.4 Å². The Morgan fingerprint density at radius 3 is 1.65 bits per heavy atom. The fraction of sp³-hybridized carbons (Fsp3) is 0.964. The predicted octanol–water partition coefficient (Wildman–Crippen LogP) is -0.122. The summed E-state index contributed by atoms with van der Waals surface area (Å²) in [7, 11) is 0. The van der Waals surface area contributed by atoms with Gasteiger partial charge in [-0.1, -0.05) is 78.1 Å². The molecule has 1 saturated heterocycles. The molecule has 0 radical (unpaired) electrons. The molecule has 11 unspecified atom stereocenters. The normalized spacial score (nSPS) is 36.6. The Morgan fingerprint density at radius 1 is 0.650 bits per heavy atom. The van der Waals surface area contributed by atoms with Crippen LogP contribution in [0.5, 0.6) is 0 Å². The summed E-state index contributed by atoms with van der Waals surface area (Å²) < 4.78 is 16.1. The third kappa shape index (κ3) is 10.4. The predicted molar refractivity (Wildman–Crippen MR) is 143 cm³/mol. The lowest BCUT2D eigenvalue weighted by Crippen LogP contribution is -2.67. The van der Waals surface area contributed by atoms with Crippen LogP contribution in [0.2, 0.25) is 0 Å². The Hall–Kier alpha value is -0.930. The van der Waals surface area contributed by atoms with E-state index >= 15 is 0 Å². The highest BCUT2D eigenvalue weighted by Gasteiger charge is 2.54. The minimum absolute atomic E-state index is 0.0284. The van der Waals surface area contributed by atoms with Gasteiger partial charge in [-0.15, -0.1) is 0 Å². The molecule has 236 valence electrons. The van der Waals surface area contributed by atoms with Crippen molar-refractivity contribution in [3.05, 3.63) is 0 Å². The Bertz CT molecular complexity index is 707. The van der Waals surface area contributed by atoms with Crippen molar-refractivity contribution in [2.24, 2.45) is 5.92 Å². The summed E-state index contributed by atoms with van der Waals surface area (Å²) in [5.41, 5.74) is 0. The van der Waals surface area contributed by atoms with E-state index in [2.05, 4.69) is 13.8 Å². The van der Waals surface area contributed by atoms with Gasteiger partial charge in [0.25, 0.3) is 0 Å². The van der Waals surface area contributed by atoms with Crippen molar-refractivity contribution < 1.29 is 59.9 Å². The van der Waals surface area contributed by atoms with E-state index in [-0.39, 0.29) is 6.42 Å². The summed E-state index contributed by atoms with van der Waals surface area (Å²) >= 11 is 0. The van der Waals surface area contributed by atoms with E-state index in [1.165, 1.54) is 38.5 Å². The summed E-state index contributed by atoms with van der Waals surface area (Å²) in [6.07, 6.45) is -6.81. The van der Waals surface area contributed by atoms with E-state index in [0.29, 0.717) is 6.42 Å². The minimum Gasteiger partial charge on any atom is -0.457 e. The molecule has 0 amide bonds. The van der Waals surface area contributed by atoms with Crippen LogP contribution >= 0.6 is 0 Å². The molecule has 2 aliphatic rings. The minimum atomic E-state index is -1.88. The number of hydrogen-bond acceptors (Lipinski definition) is 12. The SMILES string of the molecule is CC(C)CCCCCCCCCCCCC(=O)OC1C(O)C(O)C(O)C(O)C1OC1OC(CO)C(O)C(O)C1O. The van der Waals surface area contributed by atoms with Gasteiger partial charge in [0.05, 0.1) is 6.61 Å². The van der Waals surface area contributed by atoms with Crippen molar-refractivity contribution in [1.82, 2.24) is 0 Å². The lowest BCUT2D eigenvalue weighted by molar-refractivity contribution is -0.340. The molecule has 0 aromatic heterocycles. The van der Waals surface area contributed by atoms with Gasteiger partial charge >= 0.3 is 5.97 Å². The lowest BCUT2D eigenvalue weighted by Gasteiger charge is -2.46. The van der Waals surface area contributed by atoms with E-state index in [0.717, 1.165) is 31.6 Å². The van der Waals surface area contributed by atoms with Gasteiger partial charge in [0, 0.05) is 6.42 Å². The molecule has 11 atom stereocenters. The second-order valence-corrected chi connectivity index (χ2v) is 11.7. The Labute approximate surface area is 236 Å². The second-order valence-electron chi connectivity index (χ2n) is 11.7. The highest BCUT2D eigenvalue weighted by atomic mass is 16.7. The molecular formula is C28H52O12. The number of hydrogen-bond donors (Lipinski definition) is 8. The third-order valence-corrected chi connectivity index (χ3v) is 7.87. The summed E-state index contributed by atoms with van der Waals surface area (Å²) in [5, 5.41) is 80.9. The van der Waals surface area contributed by atoms with Gasteiger partial charge in [0.2, 0.25) is 0 Å². The maximum absolute atomic E-state index is 12.5. The van der Waals surface area contributed by atoms with Crippen molar-refractivity contribution >= 4 is 5.97 Å². The zero-order valence-corrected chi connectivity index (χ0v) is 23.8. The fourth-order valence-corrected chi connectivity index (χ4v) is 5.26. The molecule has 1 saturated carbocycles. The number of esters is 1. The van der Waals surface area contributed by atoms with Crippen LogP contribution in [-0.2, 0) is 19.0 Å². The van der Waals surface area contributed by atoms with Crippen LogP contribution in [0.3, 0.4) is 0 Å².